The second kappa shape index (κ2) is 10.0. The summed E-state index contributed by atoms with van der Waals surface area (Å²) in [6, 6.07) is 7.64. The third kappa shape index (κ3) is 5.27. The molecule has 1 aliphatic heterocycles. The number of fused-ring (bicyclic) bond motifs is 1. The molecule has 1 aromatic carbocycles. The molecule has 3 heterocycles. The van der Waals surface area contributed by atoms with Gasteiger partial charge in [-0.3, -0.25) is 0 Å². The maximum atomic E-state index is 14.0. The van der Waals surface area contributed by atoms with Gasteiger partial charge in [0.05, 0.1) is 30.0 Å². The van der Waals surface area contributed by atoms with Gasteiger partial charge in [-0.25, -0.2) is 4.98 Å². The maximum absolute atomic E-state index is 14.0. The number of imidazole rings is 1. The average Bonchev–Trinajstić information content (AvgIpc) is 3.29. The van der Waals surface area contributed by atoms with Crippen molar-refractivity contribution in [1.82, 2.24) is 19.9 Å². The minimum atomic E-state index is -4.59. The number of benzene rings is 1. The van der Waals surface area contributed by atoms with E-state index in [1.807, 2.05) is 12.2 Å². The molecule has 0 spiro atoms. The van der Waals surface area contributed by atoms with Crippen molar-refractivity contribution >= 4 is 11.2 Å². The SMILES string of the molecule is CC(C)(c1ccc(Oc2nc3nc(C4C=CC(N5CCOCC5)=CC4)c(C(F)(F)F)cc3[nH]2)cc1)C(O)O. The lowest BCUT2D eigenvalue weighted by molar-refractivity contribution is -0.138. The molecule has 5 rings (SSSR count). The van der Waals surface area contributed by atoms with Crippen LogP contribution in [-0.2, 0) is 16.3 Å². The summed E-state index contributed by atoms with van der Waals surface area (Å²) in [6.07, 6.45) is -0.181. The van der Waals surface area contributed by atoms with Gasteiger partial charge in [0.25, 0.3) is 0 Å². The first-order valence-corrected chi connectivity index (χ1v) is 12.4. The van der Waals surface area contributed by atoms with Gasteiger partial charge >= 0.3 is 12.2 Å². The predicted molar refractivity (Wildman–Crippen MR) is 134 cm³/mol. The lowest BCUT2D eigenvalue weighted by Gasteiger charge is -2.31. The van der Waals surface area contributed by atoms with Gasteiger partial charge in [0, 0.05) is 30.1 Å². The number of nitrogens with zero attached hydrogens (tertiary/aromatic N) is 3. The predicted octanol–water partition coefficient (Wildman–Crippen LogP) is 4.62. The Hall–Kier alpha value is -3.41. The fraction of sp³-hybridized carbons (Fsp3) is 0.407. The molecule has 1 atom stereocenters. The summed E-state index contributed by atoms with van der Waals surface area (Å²) in [7, 11) is 0. The molecule has 1 saturated heterocycles. The molecule has 2 aromatic heterocycles. The standard InChI is InChI=1S/C27H29F3N4O4/c1-26(2,24(35)36)17-5-9-19(10-6-17)38-25-31-21-15-20(27(28,29)30)22(32-23(21)33-25)16-3-7-18(8-4-16)34-11-13-37-14-12-34/h3,5-10,15-16,24,35-36H,4,11-14H2,1-2H3,(H,31,32,33). The van der Waals surface area contributed by atoms with E-state index in [-0.39, 0.29) is 22.9 Å². The van der Waals surface area contributed by atoms with Crippen molar-refractivity contribution in [3.8, 4) is 11.8 Å². The minimum Gasteiger partial charge on any atom is -0.426 e. The normalized spacial score (nSPS) is 18.8. The van der Waals surface area contributed by atoms with E-state index in [2.05, 4.69) is 19.9 Å². The van der Waals surface area contributed by atoms with Crippen molar-refractivity contribution in [2.24, 2.45) is 0 Å². The molecular formula is C27H29F3N4O4. The fourth-order valence-electron chi connectivity index (χ4n) is 4.57. The van der Waals surface area contributed by atoms with E-state index < -0.39 is 29.4 Å². The Morgan fingerprint density at radius 1 is 1.11 bits per heavy atom. The molecule has 1 aliphatic carbocycles. The van der Waals surface area contributed by atoms with Crippen molar-refractivity contribution < 1.29 is 32.9 Å². The van der Waals surface area contributed by atoms with Crippen LogP contribution in [0.15, 0.2) is 54.3 Å². The summed E-state index contributed by atoms with van der Waals surface area (Å²) >= 11 is 0. The highest BCUT2D eigenvalue weighted by Gasteiger charge is 2.37. The van der Waals surface area contributed by atoms with Crippen LogP contribution in [0.25, 0.3) is 11.2 Å². The molecule has 0 radical (unpaired) electrons. The minimum absolute atomic E-state index is 0.000614. The highest BCUT2D eigenvalue weighted by atomic mass is 19.4. The van der Waals surface area contributed by atoms with Crippen molar-refractivity contribution in [3.05, 3.63) is 71.1 Å². The first-order valence-electron chi connectivity index (χ1n) is 12.4. The average molecular weight is 531 g/mol. The van der Waals surface area contributed by atoms with Crippen LogP contribution >= 0.6 is 0 Å². The summed E-state index contributed by atoms with van der Waals surface area (Å²) in [5.74, 6) is -0.164. The van der Waals surface area contributed by atoms with E-state index >= 15 is 0 Å². The molecule has 38 heavy (non-hydrogen) atoms. The number of hydrogen-bond acceptors (Lipinski definition) is 7. The number of allylic oxidation sites excluding steroid dienone is 3. The van der Waals surface area contributed by atoms with Gasteiger partial charge in [-0.15, -0.1) is 0 Å². The Morgan fingerprint density at radius 2 is 1.82 bits per heavy atom. The summed E-state index contributed by atoms with van der Waals surface area (Å²) in [4.78, 5) is 13.5. The summed E-state index contributed by atoms with van der Waals surface area (Å²) < 4.78 is 53.2. The van der Waals surface area contributed by atoms with Gasteiger partial charge in [0.2, 0.25) is 0 Å². The van der Waals surface area contributed by atoms with E-state index in [9.17, 15) is 23.4 Å². The van der Waals surface area contributed by atoms with Crippen molar-refractivity contribution in [2.45, 2.75) is 44.1 Å². The Labute approximate surface area is 217 Å². The number of alkyl halides is 3. The number of halogens is 3. The molecule has 2 aliphatic rings. The number of nitrogens with one attached hydrogen (secondary N) is 1. The lowest BCUT2D eigenvalue weighted by Crippen LogP contribution is -2.35. The van der Waals surface area contributed by atoms with Gasteiger partial charge in [-0.1, -0.05) is 38.1 Å². The van der Waals surface area contributed by atoms with Crippen LogP contribution in [0, 0.1) is 0 Å². The topological polar surface area (TPSA) is 104 Å². The number of hydrogen-bond donors (Lipinski definition) is 3. The van der Waals surface area contributed by atoms with Crippen molar-refractivity contribution in [1.29, 1.82) is 0 Å². The lowest BCUT2D eigenvalue weighted by atomic mass is 9.84. The van der Waals surface area contributed by atoms with Gasteiger partial charge in [0.15, 0.2) is 11.9 Å². The molecule has 202 valence electrons. The molecule has 0 amide bonds. The van der Waals surface area contributed by atoms with Gasteiger partial charge in [-0.2, -0.15) is 18.2 Å². The Kier molecular flexibility index (Phi) is 6.93. The summed E-state index contributed by atoms with van der Waals surface area (Å²) in [6.45, 7) is 6.13. The Morgan fingerprint density at radius 3 is 2.42 bits per heavy atom. The number of morpholine rings is 1. The first-order chi connectivity index (χ1) is 18.0. The van der Waals surface area contributed by atoms with Crippen LogP contribution in [0.2, 0.25) is 0 Å². The largest absolute Gasteiger partial charge is 0.426 e. The van der Waals surface area contributed by atoms with E-state index in [0.29, 0.717) is 30.9 Å². The second-order valence-corrected chi connectivity index (χ2v) is 9.98. The van der Waals surface area contributed by atoms with E-state index in [1.165, 1.54) is 0 Å². The van der Waals surface area contributed by atoms with Crippen LogP contribution < -0.4 is 4.74 Å². The van der Waals surface area contributed by atoms with Crippen LogP contribution in [0.5, 0.6) is 11.8 Å². The van der Waals surface area contributed by atoms with E-state index in [0.717, 1.165) is 24.9 Å². The van der Waals surface area contributed by atoms with Crippen LogP contribution in [0.3, 0.4) is 0 Å². The Balaban J connectivity index is 1.39. The second-order valence-electron chi connectivity index (χ2n) is 9.98. The fourth-order valence-corrected chi connectivity index (χ4v) is 4.57. The molecule has 0 saturated carbocycles. The zero-order chi connectivity index (χ0) is 27.1. The monoisotopic (exact) mass is 530 g/mol. The van der Waals surface area contributed by atoms with Crippen LogP contribution in [0.4, 0.5) is 13.2 Å². The number of aliphatic hydroxyl groups excluding tert-OH is 1. The highest BCUT2D eigenvalue weighted by Crippen LogP contribution is 2.39. The van der Waals surface area contributed by atoms with E-state index in [1.54, 1.807) is 44.2 Å². The first kappa shape index (κ1) is 26.2. The molecule has 8 nitrogen and oxygen atoms in total. The van der Waals surface area contributed by atoms with Gasteiger partial charge in [0.1, 0.15) is 5.75 Å². The van der Waals surface area contributed by atoms with Crippen LogP contribution in [-0.4, -0.2) is 62.7 Å². The number of aromatic amines is 1. The van der Waals surface area contributed by atoms with Crippen LogP contribution in [0.1, 0.15) is 43.0 Å². The molecule has 3 aromatic rings. The molecule has 11 heteroatoms. The van der Waals surface area contributed by atoms with Gasteiger partial charge in [-0.05, 0) is 36.3 Å². The van der Waals surface area contributed by atoms with E-state index in [4.69, 9.17) is 9.47 Å². The Bertz CT molecular complexity index is 1360. The number of ether oxygens (including phenoxy) is 2. The number of H-pyrrole nitrogens is 1. The van der Waals surface area contributed by atoms with Crippen molar-refractivity contribution in [2.75, 3.05) is 26.3 Å². The molecule has 3 N–H and O–H groups in total. The summed E-state index contributed by atoms with van der Waals surface area (Å²) in [5.41, 5.74) is 0.118. The third-order valence-electron chi connectivity index (χ3n) is 7.05. The zero-order valence-electron chi connectivity index (χ0n) is 21.0. The van der Waals surface area contributed by atoms with Crippen molar-refractivity contribution in [3.63, 3.8) is 0 Å². The quantitative estimate of drug-likeness (QED) is 0.400. The number of aliphatic hydroxyl groups is 2. The molecule has 0 bridgehead atoms. The smallest absolute Gasteiger partial charge is 0.418 e. The molecular weight excluding hydrogens is 501 g/mol. The number of aromatic nitrogens is 3. The molecule has 1 unspecified atom stereocenters. The summed E-state index contributed by atoms with van der Waals surface area (Å²) in [5, 5.41) is 19.2. The highest BCUT2D eigenvalue weighted by molar-refractivity contribution is 5.73. The third-order valence-corrected chi connectivity index (χ3v) is 7.05. The van der Waals surface area contributed by atoms with Gasteiger partial charge < -0.3 is 29.6 Å². The molecule has 1 fully saturated rings. The maximum Gasteiger partial charge on any atom is 0.418 e. The zero-order valence-corrected chi connectivity index (χ0v) is 21.0. The number of pyridine rings is 1. The number of rotatable bonds is 6.